The number of benzene rings is 1. The van der Waals surface area contributed by atoms with E-state index >= 15 is 0 Å². The Hall–Kier alpha value is -2.83. The number of aromatic nitrogens is 1. The van der Waals surface area contributed by atoms with Crippen molar-refractivity contribution in [2.75, 3.05) is 12.4 Å². The fourth-order valence-electron chi connectivity index (χ4n) is 1.95. The highest BCUT2D eigenvalue weighted by Crippen LogP contribution is 2.16. The molecule has 1 aromatic heterocycles. The lowest BCUT2D eigenvalue weighted by atomic mass is 10.2. The largest absolute Gasteiger partial charge is 0.481 e. The highest BCUT2D eigenvalue weighted by atomic mass is 16.5. The third kappa shape index (κ3) is 4.32. The zero-order chi connectivity index (χ0) is 16.8. The fraction of sp³-hybridized carbons (Fsp3) is 0.312. The van der Waals surface area contributed by atoms with Crippen LogP contribution in [0.5, 0.6) is 5.75 Å². The summed E-state index contributed by atoms with van der Waals surface area (Å²) in [5.74, 6) is 0.985. The van der Waals surface area contributed by atoms with Crippen molar-refractivity contribution in [1.29, 1.82) is 0 Å². The van der Waals surface area contributed by atoms with Crippen molar-refractivity contribution in [3.05, 3.63) is 41.7 Å². The zero-order valence-corrected chi connectivity index (χ0v) is 13.3. The minimum absolute atomic E-state index is 0.178. The van der Waals surface area contributed by atoms with Gasteiger partial charge in [0.2, 0.25) is 0 Å². The van der Waals surface area contributed by atoms with Crippen molar-refractivity contribution < 1.29 is 18.8 Å². The zero-order valence-electron chi connectivity index (χ0n) is 13.3. The molecule has 1 aromatic carbocycles. The van der Waals surface area contributed by atoms with Crippen LogP contribution in [0.4, 0.5) is 5.82 Å². The summed E-state index contributed by atoms with van der Waals surface area (Å²) in [7, 11) is 1.57. The predicted octanol–water partition coefficient (Wildman–Crippen LogP) is 2.14. The van der Waals surface area contributed by atoms with E-state index in [1.807, 2.05) is 6.92 Å². The van der Waals surface area contributed by atoms with Crippen LogP contribution in [0, 0.1) is 6.92 Å². The van der Waals surface area contributed by atoms with Crippen LogP contribution < -0.4 is 15.4 Å². The van der Waals surface area contributed by atoms with Gasteiger partial charge in [-0.25, -0.2) is 0 Å². The highest BCUT2D eigenvalue weighted by molar-refractivity contribution is 5.94. The Kier molecular flexibility index (Phi) is 5.35. The van der Waals surface area contributed by atoms with E-state index in [4.69, 9.17) is 9.26 Å². The van der Waals surface area contributed by atoms with Crippen LogP contribution in [0.2, 0.25) is 0 Å². The first-order valence-corrected chi connectivity index (χ1v) is 7.26. The van der Waals surface area contributed by atoms with Crippen molar-refractivity contribution in [3.8, 4) is 5.75 Å². The van der Waals surface area contributed by atoms with E-state index in [0.717, 1.165) is 0 Å². The number of amides is 2. The summed E-state index contributed by atoms with van der Waals surface area (Å²) < 4.78 is 10.6. The number of nitrogens with one attached hydrogen (secondary N) is 2. The van der Waals surface area contributed by atoms with Gasteiger partial charge in [0.25, 0.3) is 11.8 Å². The van der Waals surface area contributed by atoms with Gasteiger partial charge >= 0.3 is 0 Å². The average Bonchev–Trinajstić information content (AvgIpc) is 2.97. The van der Waals surface area contributed by atoms with Crippen molar-refractivity contribution in [1.82, 2.24) is 10.5 Å². The average molecular weight is 317 g/mol. The normalized spacial score (nSPS) is 11.6. The minimum Gasteiger partial charge on any atom is -0.481 e. The molecule has 0 unspecified atom stereocenters. The van der Waals surface area contributed by atoms with Gasteiger partial charge in [-0.05, 0) is 37.6 Å². The minimum atomic E-state index is -0.669. The lowest BCUT2D eigenvalue weighted by Crippen LogP contribution is -2.32. The smallest absolute Gasteiger partial charge is 0.266 e. The van der Waals surface area contributed by atoms with Gasteiger partial charge in [-0.2, -0.15) is 0 Å². The van der Waals surface area contributed by atoms with E-state index in [9.17, 15) is 9.59 Å². The second-order valence-electron chi connectivity index (χ2n) is 4.93. The molecular weight excluding hydrogens is 298 g/mol. The SMILES string of the molecule is CC[C@H](Oc1ccc(C(=O)NC)cc1)C(=O)Nc1cc(C)on1. The molecule has 0 radical (unpaired) electrons. The molecule has 0 fully saturated rings. The molecule has 7 nitrogen and oxygen atoms in total. The van der Waals surface area contributed by atoms with E-state index < -0.39 is 6.10 Å². The van der Waals surface area contributed by atoms with Crippen molar-refractivity contribution in [2.45, 2.75) is 26.4 Å². The van der Waals surface area contributed by atoms with E-state index in [2.05, 4.69) is 15.8 Å². The van der Waals surface area contributed by atoms with Crippen LogP contribution >= 0.6 is 0 Å². The van der Waals surface area contributed by atoms with Crippen LogP contribution in [0.3, 0.4) is 0 Å². The Morgan fingerprint density at radius 3 is 2.52 bits per heavy atom. The molecule has 0 spiro atoms. The number of ether oxygens (including phenoxy) is 1. The van der Waals surface area contributed by atoms with Gasteiger partial charge in [0, 0.05) is 18.7 Å². The maximum Gasteiger partial charge on any atom is 0.266 e. The van der Waals surface area contributed by atoms with Crippen LogP contribution in [-0.4, -0.2) is 30.1 Å². The number of hydrogen-bond acceptors (Lipinski definition) is 5. The molecule has 2 amide bonds. The van der Waals surface area contributed by atoms with Gasteiger partial charge in [-0.1, -0.05) is 12.1 Å². The summed E-state index contributed by atoms with van der Waals surface area (Å²) in [4.78, 5) is 23.7. The predicted molar refractivity (Wildman–Crippen MR) is 84.4 cm³/mol. The Labute approximate surface area is 134 Å². The third-order valence-corrected chi connectivity index (χ3v) is 3.16. The number of carbonyl (C=O) groups is 2. The molecule has 0 aliphatic rings. The quantitative estimate of drug-likeness (QED) is 0.851. The van der Waals surface area contributed by atoms with Crippen LogP contribution in [0.25, 0.3) is 0 Å². The summed E-state index contributed by atoms with van der Waals surface area (Å²) in [5, 5.41) is 8.89. The molecule has 0 saturated carbocycles. The number of anilines is 1. The molecule has 122 valence electrons. The first-order chi connectivity index (χ1) is 11.0. The van der Waals surface area contributed by atoms with Crippen LogP contribution in [0.15, 0.2) is 34.9 Å². The first-order valence-electron chi connectivity index (χ1n) is 7.26. The summed E-state index contributed by atoms with van der Waals surface area (Å²) in [6.45, 7) is 3.58. The van der Waals surface area contributed by atoms with Gasteiger partial charge < -0.3 is 19.9 Å². The number of aryl methyl sites for hydroxylation is 1. The third-order valence-electron chi connectivity index (χ3n) is 3.16. The lowest BCUT2D eigenvalue weighted by Gasteiger charge is -2.16. The number of rotatable bonds is 6. The number of nitrogens with zero attached hydrogens (tertiary/aromatic N) is 1. The highest BCUT2D eigenvalue weighted by Gasteiger charge is 2.20. The molecule has 1 atom stereocenters. The van der Waals surface area contributed by atoms with Gasteiger partial charge in [-0.15, -0.1) is 0 Å². The van der Waals surface area contributed by atoms with Gasteiger partial charge in [0.05, 0.1) is 0 Å². The summed E-state index contributed by atoms with van der Waals surface area (Å²) in [6, 6.07) is 8.21. The Balaban J connectivity index is 2.00. The van der Waals surface area contributed by atoms with Crippen molar-refractivity contribution in [2.24, 2.45) is 0 Å². The number of carbonyl (C=O) groups excluding carboxylic acids is 2. The van der Waals surface area contributed by atoms with Gasteiger partial charge in [0.15, 0.2) is 11.9 Å². The molecule has 0 aliphatic carbocycles. The summed E-state index contributed by atoms with van der Waals surface area (Å²) >= 11 is 0. The molecule has 7 heteroatoms. The van der Waals surface area contributed by atoms with Gasteiger partial charge in [-0.3, -0.25) is 9.59 Å². The van der Waals surface area contributed by atoms with E-state index in [0.29, 0.717) is 29.3 Å². The maximum absolute atomic E-state index is 12.2. The van der Waals surface area contributed by atoms with Crippen LogP contribution in [0.1, 0.15) is 29.5 Å². The molecule has 0 saturated heterocycles. The maximum atomic E-state index is 12.2. The Bertz CT molecular complexity index is 679. The Morgan fingerprint density at radius 2 is 2.00 bits per heavy atom. The van der Waals surface area contributed by atoms with Crippen LogP contribution in [-0.2, 0) is 4.79 Å². The van der Waals surface area contributed by atoms with Crippen molar-refractivity contribution >= 4 is 17.6 Å². The molecule has 2 aromatic rings. The first kappa shape index (κ1) is 16.5. The molecule has 1 heterocycles. The van der Waals surface area contributed by atoms with Gasteiger partial charge in [0.1, 0.15) is 11.5 Å². The monoisotopic (exact) mass is 317 g/mol. The second kappa shape index (κ2) is 7.44. The fourth-order valence-corrected chi connectivity index (χ4v) is 1.95. The van der Waals surface area contributed by atoms with E-state index in [-0.39, 0.29) is 11.8 Å². The van der Waals surface area contributed by atoms with E-state index in [1.165, 1.54) is 0 Å². The molecule has 2 N–H and O–H groups in total. The molecule has 0 bridgehead atoms. The van der Waals surface area contributed by atoms with E-state index in [1.54, 1.807) is 44.3 Å². The topological polar surface area (TPSA) is 93.5 Å². The molecular formula is C16H19N3O4. The molecule has 2 rings (SSSR count). The Morgan fingerprint density at radius 1 is 1.30 bits per heavy atom. The second-order valence-corrected chi connectivity index (χ2v) is 4.93. The summed E-state index contributed by atoms with van der Waals surface area (Å²) in [6.07, 6.45) is -0.183. The lowest BCUT2D eigenvalue weighted by molar-refractivity contribution is -0.122. The number of hydrogen-bond donors (Lipinski definition) is 2. The standard InChI is InChI=1S/C16H19N3O4/c1-4-13(16(21)18-14-9-10(2)23-19-14)22-12-7-5-11(6-8-12)15(20)17-3/h5-9,13H,4H2,1-3H3,(H,17,20)(H,18,19,21)/t13-/m0/s1. The summed E-state index contributed by atoms with van der Waals surface area (Å²) in [5.41, 5.74) is 0.524. The molecule has 23 heavy (non-hydrogen) atoms. The van der Waals surface area contributed by atoms with Crippen molar-refractivity contribution in [3.63, 3.8) is 0 Å². The molecule has 0 aliphatic heterocycles.